The van der Waals surface area contributed by atoms with E-state index in [0.29, 0.717) is 6.61 Å². The number of fused-ring (bicyclic) bond motifs is 6. The minimum Gasteiger partial charge on any atom is -0.493 e. The molecular weight excluding hydrogens is 1690 g/mol. The van der Waals surface area contributed by atoms with Crippen LogP contribution in [0.4, 0.5) is 4.39 Å². The average molecular weight is 1720 g/mol. The van der Waals surface area contributed by atoms with E-state index in [1.54, 1.807) is 19.2 Å². The van der Waals surface area contributed by atoms with Crippen LogP contribution in [0.15, 0.2) is 89.4 Å². The van der Waals surface area contributed by atoms with E-state index in [2.05, 4.69) is 68.3 Å². The van der Waals surface area contributed by atoms with Crippen molar-refractivity contribution in [3.05, 3.63) is 129 Å². The smallest absolute Gasteiger partial charge is 0.161 e. The standard InChI is InChI=1S/C33H28BrFN2O2.B105/c1-38-29-18-24-22(16-30(29)39-19-20-6-3-2-4-7-20)14-15-37-28(24)17-25-31-26(34)8-5-9-27(31)36-32(25)33(37)21-10-12-23(35)13-11-21;1-54-81(55(2)3)94(80(52)53)101(95(82(56(4)5)57(6)7)83(58(8)9)59(10)11)104(100(92(76(44)45)77(46)47)93(78(48)49)79(50)51)105(102(96(84(60(12)13)61(14)15)85(62(16)17)63(18)19)97(86(64(20)21)65(22)23)87(66(24)25)67(26)27)103(98(88(68(28)29)69(30)31)89(70(32)33)71(34)35)99(90(72(36)37)73(38)39)91(74(40)41)75(42)43/h2-13,16,18,28,33,36H,14-15,17,19H2,1H3;. The van der Waals surface area contributed by atoms with Gasteiger partial charge in [0, 0.05) is 776 Å². The number of rotatable bonds is 56. The van der Waals surface area contributed by atoms with E-state index in [9.17, 15) is 4.39 Å². The van der Waals surface area contributed by atoms with Crippen LogP contribution >= 0.6 is 15.9 Å². The highest BCUT2D eigenvalue weighted by atomic mass is 79.9. The molecule has 0 aliphatic carbocycles. The summed E-state index contributed by atoms with van der Waals surface area (Å²) in [7, 11) is 383. The molecule has 3 heterocycles. The fraction of sp³-hybridized carbons (Fsp3) is 0.212. The highest BCUT2D eigenvalue weighted by Gasteiger charge is 2.70. The van der Waals surface area contributed by atoms with Crippen molar-refractivity contribution in [1.82, 2.24) is 9.88 Å². The number of nitrogens with one attached hydrogen (secondary N) is 1. The molecule has 144 heavy (non-hydrogen) atoms. The Balaban J connectivity index is 0.000000659. The molecule has 1 aromatic heterocycles. The van der Waals surface area contributed by atoms with Gasteiger partial charge < -0.3 is 14.5 Å². The molecule has 5 aromatic rings. The first-order valence-electron chi connectivity index (χ1n) is 47.9. The minimum absolute atomic E-state index is 0.00759. The Bertz CT molecular complexity index is 4130. The third-order valence-corrected chi connectivity index (χ3v) is 31.3. The van der Waals surface area contributed by atoms with Crippen LogP contribution in [-0.2, 0) is 19.4 Å². The SMILES string of the molecule is COc1cc2c(cc1OCc1ccccc1)CCN1C2Cc2c([nH]c3cccc(Br)c23)C1c1ccc(F)cc1.[B][B]B(B([B])[B])B(B([B])[B])B(B(B(B([B])[B])B([B])[B])B(B([B])[B])B([B])[B])B(B(B(B([B])[B])B([B])[B])B(B([B])[B])B([B])[B])B(B(B(B(B([B])[B])B([B])[B])B(B([B])[B])B([B])[B])B(B(B([B])[B])B([B])[B])B(B([B])[B])B([B])[B])B(B(B(B([B])[B])B([B])[B])B(B([B])[B])B([B])[B])B(B(B([B])[B])B([B])[B])B(B([B])[B])B([B])[B]. The Hall–Kier alpha value is 3.21. The number of methoxy groups -OCH3 is 1. The third-order valence-electron chi connectivity index (χ3n) is 30.6. The number of halogens is 2. The summed E-state index contributed by atoms with van der Waals surface area (Å²) >= 11 is 3.81. The highest BCUT2D eigenvalue weighted by Crippen LogP contribution is 2.51. The molecule has 0 amide bonds. The predicted octanol–water partition coefficient (Wildman–Crippen LogP) is -32.1. The molecule has 2 aliphatic rings. The predicted molar refractivity (Wildman–Crippen MR) is 759 cm³/mol. The Morgan fingerprint density at radius 2 is 0.597 bits per heavy atom. The number of nitrogens with zero attached hydrogens (tertiary/aromatic N) is 1. The maximum Gasteiger partial charge on any atom is 0.161 e. The van der Waals surface area contributed by atoms with Gasteiger partial charge in [0.1, 0.15) is 12.4 Å². The van der Waals surface area contributed by atoms with Crippen LogP contribution in [0.2, 0.25) is 0 Å². The molecule has 4 aromatic carbocycles. The van der Waals surface area contributed by atoms with Crippen molar-refractivity contribution in [2.24, 2.45) is 0 Å². The van der Waals surface area contributed by atoms with Crippen molar-refractivity contribution < 1.29 is 13.9 Å². The van der Waals surface area contributed by atoms with Crippen LogP contribution in [0.25, 0.3) is 10.9 Å². The number of hydrogen-bond acceptors (Lipinski definition) is 3. The molecule has 4 nitrogen and oxygen atoms in total. The van der Waals surface area contributed by atoms with Gasteiger partial charge in [0.15, 0.2) is 11.5 Å². The molecule has 2 unspecified atom stereocenters. The van der Waals surface area contributed by atoms with E-state index in [1.807, 2.05) is 30.3 Å². The Morgan fingerprint density at radius 3 is 0.854 bits per heavy atom. The average Bonchev–Trinajstić information content (AvgIpc) is 0.734. The fourth-order valence-electron chi connectivity index (χ4n) is 25.4. The summed E-state index contributed by atoms with van der Waals surface area (Å²) in [6, 6.07) is 27.9. The quantitative estimate of drug-likeness (QED) is 0.0394. The molecule has 0 saturated carbocycles. The van der Waals surface area contributed by atoms with E-state index in [0.717, 1.165) is 59.1 Å². The van der Waals surface area contributed by atoms with Gasteiger partial charge >= 0.3 is 0 Å². The fourth-order valence-corrected chi connectivity index (χ4v) is 26.0. The summed E-state index contributed by atoms with van der Waals surface area (Å²) in [5.41, 5.74) is 8.38. The Morgan fingerprint density at radius 1 is 0.326 bits per heavy atom. The first kappa shape index (κ1) is 136. The number of aromatic nitrogens is 1. The number of hydrogen-bond donors (Lipinski definition) is 1. The van der Waals surface area contributed by atoms with Gasteiger partial charge in [-0.15, -0.1) is 0 Å². The molecule has 0 bridgehead atoms. The summed E-state index contributed by atoms with van der Waals surface area (Å²) < 4.78 is 27.1. The lowest BCUT2D eigenvalue weighted by Gasteiger charge is -2.63. The second kappa shape index (κ2) is 61.9. The van der Waals surface area contributed by atoms with Crippen LogP contribution in [0, 0.1) is 5.82 Å². The monoisotopic (exact) mass is 1740 g/mol. The zero-order chi connectivity index (χ0) is 110. The lowest BCUT2D eigenvalue weighted by atomic mass is 8.18. The van der Waals surface area contributed by atoms with Gasteiger partial charge in [-0.3, -0.25) is 4.90 Å². The summed E-state index contributed by atoms with van der Waals surface area (Å²) in [6.45, 7) is 1.38. The van der Waals surface area contributed by atoms with E-state index in [4.69, 9.17) is 420 Å². The molecule has 0 saturated heterocycles. The molecule has 2 aliphatic heterocycles. The van der Waals surface area contributed by atoms with Crippen LogP contribution in [0.3, 0.4) is 0 Å². The van der Waals surface area contributed by atoms with Crippen LogP contribution < -0.4 is 9.47 Å². The Kier molecular flexibility index (Phi) is 58.4. The molecule has 7 rings (SSSR count). The lowest BCUT2D eigenvalue weighted by molar-refractivity contribution is 0.127. The number of aromatic amines is 1. The van der Waals surface area contributed by atoms with Crippen molar-refractivity contribution in [3.63, 3.8) is 0 Å². The van der Waals surface area contributed by atoms with Crippen molar-refractivity contribution in [1.29, 1.82) is 0 Å². The minimum atomic E-state index is -2.39. The second-order valence-corrected chi connectivity index (χ2v) is 40.8. The highest BCUT2D eigenvalue weighted by molar-refractivity contribution is 9.10. The van der Waals surface area contributed by atoms with E-state index in [-0.39, 0.29) is 17.9 Å². The van der Waals surface area contributed by atoms with Crippen molar-refractivity contribution in [2.45, 2.75) is 31.5 Å². The molecule has 1 N–H and O–H groups in total. The van der Waals surface area contributed by atoms with E-state index < -0.39 is 326 Å². The lowest BCUT2D eigenvalue weighted by Crippen LogP contribution is -3.01. The molecule has 111 heteroatoms. The molecule has 0 spiro atoms. The number of H-pyrrole nitrogens is 1. The van der Waals surface area contributed by atoms with Gasteiger partial charge in [0.05, 0.1) is 13.2 Å². The van der Waals surface area contributed by atoms with Crippen molar-refractivity contribution in [2.75, 3.05) is 13.7 Å². The topological polar surface area (TPSA) is 37.5 Å². The maximum absolute atomic E-state index is 13.9. The van der Waals surface area contributed by atoms with Crippen LogP contribution in [0.1, 0.15) is 45.6 Å². The van der Waals surface area contributed by atoms with Gasteiger partial charge in [0.25, 0.3) is 0 Å². The maximum atomic E-state index is 13.9. The Labute approximate surface area is 968 Å². The first-order chi connectivity index (χ1) is 66.9. The number of ether oxygens (including phenoxy) is 2. The second-order valence-electron chi connectivity index (χ2n) is 40.0. The first-order valence-corrected chi connectivity index (χ1v) is 48.7. The zero-order valence-corrected chi connectivity index (χ0v) is 83.8. The van der Waals surface area contributed by atoms with Gasteiger partial charge in [0.2, 0.25) is 0 Å². The number of benzene rings is 4. The summed E-state index contributed by atoms with van der Waals surface area (Å²) in [4.78, 5) is 6.29. The molecule has 2 atom stereocenters. The molecular formula is C33H28B105BrFN2O2. The van der Waals surface area contributed by atoms with Gasteiger partial charge in [-0.25, -0.2) is 4.39 Å². The van der Waals surface area contributed by atoms with E-state index in [1.165, 1.54) is 27.8 Å². The normalized spacial score (nSPS) is 12.1. The van der Waals surface area contributed by atoms with E-state index >= 15 is 0 Å². The van der Waals surface area contributed by atoms with Gasteiger partial charge in [-0.1, -0.05) is 64.5 Å². The zero-order valence-electron chi connectivity index (χ0n) is 82.2. The van der Waals surface area contributed by atoms with Crippen molar-refractivity contribution in [3.8, 4) is 11.5 Å². The van der Waals surface area contributed by atoms with Gasteiger partial charge in [-0.2, -0.15) is 0 Å². The summed E-state index contributed by atoms with van der Waals surface area (Å²) in [5, 5.41) is 1.22. The molecule has 107 radical (unpaired) electrons. The summed E-state index contributed by atoms with van der Waals surface area (Å²) in [5.74, 6) is 1.30. The summed E-state index contributed by atoms with van der Waals surface area (Å²) in [6.07, 6.45) is -97.2. The van der Waals surface area contributed by atoms with Crippen LogP contribution in [0.5, 0.6) is 11.5 Å². The largest absolute Gasteiger partial charge is 0.493 e. The van der Waals surface area contributed by atoms with Crippen molar-refractivity contribution >= 4 is 770 Å². The van der Waals surface area contributed by atoms with Gasteiger partial charge in [-0.05, 0) is 77.1 Å². The third kappa shape index (κ3) is 33.3. The van der Waals surface area contributed by atoms with Crippen LogP contribution in [-0.4, -0.2) is 766 Å². The molecule has 0 fully saturated rings. The molecule has 511 valence electrons.